The third-order valence-corrected chi connectivity index (χ3v) is 4.34. The second-order valence-corrected chi connectivity index (χ2v) is 6.47. The minimum atomic E-state index is -0.567. The summed E-state index contributed by atoms with van der Waals surface area (Å²) >= 11 is 3.39. The number of carbonyl (C=O) groups excluding carboxylic acids is 1. The second kappa shape index (κ2) is 8.57. The zero-order valence-corrected chi connectivity index (χ0v) is 16.3. The summed E-state index contributed by atoms with van der Waals surface area (Å²) in [5.74, 6) is 0.864. The molecule has 0 bridgehead atoms. The van der Waals surface area contributed by atoms with E-state index < -0.39 is 10.8 Å². The van der Waals surface area contributed by atoms with E-state index in [4.69, 9.17) is 13.9 Å². The average Bonchev–Trinajstić information content (AvgIpc) is 3.16. The number of furan rings is 1. The lowest BCUT2D eigenvalue weighted by atomic mass is 10.2. The maximum absolute atomic E-state index is 12.4. The summed E-state index contributed by atoms with van der Waals surface area (Å²) in [4.78, 5) is 22.8. The Morgan fingerprint density at radius 2 is 2.00 bits per heavy atom. The highest BCUT2D eigenvalue weighted by Gasteiger charge is 2.16. The number of nitro groups is 1. The number of para-hydroxylation sites is 1. The fourth-order valence-corrected chi connectivity index (χ4v) is 2.76. The SMILES string of the molecule is COc1cc(NC(=O)c2ccc(COc3ccccc3Br)o2)cc([N+](=O)[O-])c1. The fourth-order valence-electron chi connectivity index (χ4n) is 2.36. The Bertz CT molecular complexity index is 1020. The standard InChI is InChI=1S/C19H15BrN2O6/c1-26-15-9-12(8-13(10-15)22(24)25)21-19(23)18-7-6-14(28-18)11-27-17-5-3-2-4-16(17)20/h2-10H,11H2,1H3,(H,21,23). The van der Waals surface area contributed by atoms with Gasteiger partial charge in [-0.25, -0.2) is 0 Å². The number of nitrogens with one attached hydrogen (secondary N) is 1. The van der Waals surface area contributed by atoms with Crippen LogP contribution in [0.1, 0.15) is 16.3 Å². The Morgan fingerprint density at radius 1 is 1.21 bits per heavy atom. The quantitative estimate of drug-likeness (QED) is 0.413. The number of ether oxygens (including phenoxy) is 2. The van der Waals surface area contributed by atoms with Gasteiger partial charge >= 0.3 is 0 Å². The van der Waals surface area contributed by atoms with Gasteiger partial charge in [0.25, 0.3) is 11.6 Å². The van der Waals surface area contributed by atoms with Gasteiger partial charge in [0.1, 0.15) is 23.9 Å². The van der Waals surface area contributed by atoms with E-state index in [0.29, 0.717) is 11.5 Å². The summed E-state index contributed by atoms with van der Waals surface area (Å²) in [6.45, 7) is 0.139. The third kappa shape index (κ3) is 4.68. The first-order chi connectivity index (χ1) is 13.5. The number of carbonyl (C=O) groups is 1. The monoisotopic (exact) mass is 446 g/mol. The molecular formula is C19H15BrN2O6. The van der Waals surface area contributed by atoms with Crippen molar-refractivity contribution in [3.63, 3.8) is 0 Å². The van der Waals surface area contributed by atoms with Crippen molar-refractivity contribution in [1.29, 1.82) is 0 Å². The van der Waals surface area contributed by atoms with Crippen molar-refractivity contribution in [2.45, 2.75) is 6.61 Å². The van der Waals surface area contributed by atoms with Crippen LogP contribution in [0.15, 0.2) is 63.5 Å². The first-order valence-electron chi connectivity index (χ1n) is 8.07. The molecule has 1 amide bonds. The van der Waals surface area contributed by atoms with Gasteiger partial charge in [-0.1, -0.05) is 12.1 Å². The predicted octanol–water partition coefficient (Wildman–Crippen LogP) is 4.79. The summed E-state index contributed by atoms with van der Waals surface area (Å²) in [7, 11) is 1.38. The van der Waals surface area contributed by atoms with Gasteiger partial charge in [0.2, 0.25) is 0 Å². The molecule has 0 spiro atoms. The van der Waals surface area contributed by atoms with Crippen LogP contribution >= 0.6 is 15.9 Å². The highest BCUT2D eigenvalue weighted by molar-refractivity contribution is 9.10. The molecule has 3 aromatic rings. The van der Waals surface area contributed by atoms with Crippen LogP contribution in [-0.2, 0) is 6.61 Å². The summed E-state index contributed by atoms with van der Waals surface area (Å²) in [6, 6.07) is 14.5. The molecule has 0 saturated heterocycles. The minimum absolute atomic E-state index is 0.0520. The van der Waals surface area contributed by atoms with Crippen molar-refractivity contribution in [2.24, 2.45) is 0 Å². The van der Waals surface area contributed by atoms with Crippen molar-refractivity contribution < 1.29 is 23.6 Å². The number of halogens is 1. The second-order valence-electron chi connectivity index (χ2n) is 5.62. The maximum Gasteiger partial charge on any atom is 0.291 e. The van der Waals surface area contributed by atoms with Crippen LogP contribution in [0.4, 0.5) is 11.4 Å². The summed E-state index contributed by atoms with van der Waals surface area (Å²) in [6.07, 6.45) is 0. The number of hydrogen-bond donors (Lipinski definition) is 1. The Balaban J connectivity index is 1.68. The predicted molar refractivity (Wildman–Crippen MR) is 105 cm³/mol. The highest BCUT2D eigenvalue weighted by atomic mass is 79.9. The summed E-state index contributed by atoms with van der Waals surface area (Å²) in [5, 5.41) is 13.6. The highest BCUT2D eigenvalue weighted by Crippen LogP contribution is 2.27. The number of nitrogens with zero attached hydrogens (tertiary/aromatic N) is 1. The first kappa shape index (κ1) is 19.4. The largest absolute Gasteiger partial charge is 0.496 e. The van der Waals surface area contributed by atoms with E-state index in [0.717, 1.165) is 4.47 Å². The molecule has 0 atom stereocenters. The number of hydrogen-bond acceptors (Lipinski definition) is 6. The van der Waals surface area contributed by atoms with Crippen molar-refractivity contribution in [3.8, 4) is 11.5 Å². The van der Waals surface area contributed by atoms with Gasteiger partial charge in [0.05, 0.1) is 28.3 Å². The normalized spacial score (nSPS) is 10.4. The fraction of sp³-hybridized carbons (Fsp3) is 0.105. The van der Waals surface area contributed by atoms with Crippen molar-refractivity contribution in [3.05, 3.63) is 80.7 Å². The Labute approximate surface area is 168 Å². The lowest BCUT2D eigenvalue weighted by Gasteiger charge is -2.07. The van der Waals surface area contributed by atoms with Crippen molar-refractivity contribution in [1.82, 2.24) is 0 Å². The Kier molecular flexibility index (Phi) is 5.95. The van der Waals surface area contributed by atoms with Crippen LogP contribution in [0.2, 0.25) is 0 Å². The molecule has 9 heteroatoms. The number of nitro benzene ring substituents is 1. The molecule has 1 aromatic heterocycles. The van der Waals surface area contributed by atoms with E-state index in [1.807, 2.05) is 18.2 Å². The van der Waals surface area contributed by atoms with Gasteiger partial charge in [0.15, 0.2) is 5.76 Å². The molecule has 0 unspecified atom stereocenters. The van der Waals surface area contributed by atoms with Crippen LogP contribution in [-0.4, -0.2) is 17.9 Å². The molecule has 1 N–H and O–H groups in total. The molecule has 0 aliphatic carbocycles. The minimum Gasteiger partial charge on any atom is -0.496 e. The number of methoxy groups -OCH3 is 1. The smallest absolute Gasteiger partial charge is 0.291 e. The topological polar surface area (TPSA) is 104 Å². The Morgan fingerprint density at radius 3 is 2.71 bits per heavy atom. The lowest BCUT2D eigenvalue weighted by Crippen LogP contribution is -2.11. The molecule has 3 rings (SSSR count). The molecule has 2 aromatic carbocycles. The van der Waals surface area contributed by atoms with Crippen molar-refractivity contribution >= 4 is 33.2 Å². The average molecular weight is 447 g/mol. The van der Waals surface area contributed by atoms with E-state index in [-0.39, 0.29) is 29.5 Å². The van der Waals surface area contributed by atoms with E-state index in [9.17, 15) is 14.9 Å². The molecule has 1 heterocycles. The summed E-state index contributed by atoms with van der Waals surface area (Å²) < 4.78 is 17.0. The zero-order chi connectivity index (χ0) is 20.1. The van der Waals surface area contributed by atoms with Gasteiger partial charge in [-0.15, -0.1) is 0 Å². The van der Waals surface area contributed by atoms with Crippen LogP contribution < -0.4 is 14.8 Å². The molecule has 8 nitrogen and oxygen atoms in total. The molecule has 0 saturated carbocycles. The van der Waals surface area contributed by atoms with Crippen LogP contribution in [0.25, 0.3) is 0 Å². The number of rotatable bonds is 7. The number of amides is 1. The molecule has 0 aliphatic rings. The molecule has 0 fully saturated rings. The van der Waals surface area contributed by atoms with E-state index >= 15 is 0 Å². The van der Waals surface area contributed by atoms with Crippen molar-refractivity contribution in [2.75, 3.05) is 12.4 Å². The van der Waals surface area contributed by atoms with E-state index in [2.05, 4.69) is 21.2 Å². The third-order valence-electron chi connectivity index (χ3n) is 3.69. The molecular weight excluding hydrogens is 432 g/mol. The van der Waals surface area contributed by atoms with Crippen LogP contribution in [0.3, 0.4) is 0 Å². The van der Waals surface area contributed by atoms with Gasteiger partial charge in [-0.2, -0.15) is 0 Å². The van der Waals surface area contributed by atoms with Crippen LogP contribution in [0.5, 0.6) is 11.5 Å². The number of non-ortho nitro benzene ring substituents is 1. The van der Waals surface area contributed by atoms with E-state index in [1.165, 1.54) is 31.4 Å². The maximum atomic E-state index is 12.4. The lowest BCUT2D eigenvalue weighted by molar-refractivity contribution is -0.384. The molecule has 28 heavy (non-hydrogen) atoms. The van der Waals surface area contributed by atoms with E-state index in [1.54, 1.807) is 12.1 Å². The zero-order valence-electron chi connectivity index (χ0n) is 14.7. The molecule has 0 radical (unpaired) electrons. The molecule has 0 aliphatic heterocycles. The van der Waals surface area contributed by atoms with Crippen LogP contribution in [0, 0.1) is 10.1 Å². The number of anilines is 1. The summed E-state index contributed by atoms with van der Waals surface area (Å²) in [5.41, 5.74) is 0.0232. The van der Waals surface area contributed by atoms with Gasteiger partial charge in [-0.05, 0) is 40.2 Å². The molecule has 144 valence electrons. The number of benzene rings is 2. The first-order valence-corrected chi connectivity index (χ1v) is 8.86. The van der Waals surface area contributed by atoms with Gasteiger partial charge in [0, 0.05) is 12.1 Å². The van der Waals surface area contributed by atoms with Gasteiger partial charge in [-0.3, -0.25) is 14.9 Å². The van der Waals surface area contributed by atoms with Gasteiger partial charge < -0.3 is 19.2 Å². The Hall–Kier alpha value is -3.33.